The van der Waals surface area contributed by atoms with Crippen LogP contribution >= 0.6 is 0 Å². The lowest BCUT2D eigenvalue weighted by Gasteiger charge is -2.29. The molecule has 1 amide bonds. The molecule has 0 fully saturated rings. The van der Waals surface area contributed by atoms with E-state index in [0.29, 0.717) is 41.3 Å². The molecule has 1 aliphatic rings. The lowest BCUT2D eigenvalue weighted by atomic mass is 10.0. The molecule has 0 aliphatic carbocycles. The molecule has 0 atom stereocenters. The van der Waals surface area contributed by atoms with Crippen molar-refractivity contribution in [2.24, 2.45) is 0 Å². The summed E-state index contributed by atoms with van der Waals surface area (Å²) in [4.78, 5) is 33.9. The normalized spacial score (nSPS) is 13.3. The first kappa shape index (κ1) is 24.6. The van der Waals surface area contributed by atoms with E-state index < -0.39 is 0 Å². The molecular weight excluding hydrogens is 467 g/mol. The zero-order valence-corrected chi connectivity index (χ0v) is 21.0. The second kappa shape index (κ2) is 10.5. The molecule has 1 aromatic heterocycles. The fourth-order valence-corrected chi connectivity index (χ4v) is 4.81. The van der Waals surface area contributed by atoms with Crippen LogP contribution in [-0.2, 0) is 30.8 Å². The molecule has 3 aromatic carbocycles. The van der Waals surface area contributed by atoms with Crippen LogP contribution in [0, 0.1) is 19.7 Å². The summed E-state index contributed by atoms with van der Waals surface area (Å²) >= 11 is 0. The molecule has 7 heteroatoms. The van der Waals surface area contributed by atoms with Crippen LogP contribution < -0.4 is 10.9 Å². The molecule has 1 aliphatic heterocycles. The van der Waals surface area contributed by atoms with Crippen LogP contribution in [0.1, 0.15) is 27.9 Å². The number of nitrogens with zero attached hydrogens (tertiary/aromatic N) is 3. The van der Waals surface area contributed by atoms with E-state index in [1.165, 1.54) is 22.3 Å². The van der Waals surface area contributed by atoms with Gasteiger partial charge in [-0.3, -0.25) is 19.1 Å². The number of benzene rings is 3. The van der Waals surface area contributed by atoms with Crippen molar-refractivity contribution in [3.05, 3.63) is 117 Å². The highest BCUT2D eigenvalue weighted by atomic mass is 19.1. The number of carbonyl (C=O) groups is 1. The van der Waals surface area contributed by atoms with E-state index in [4.69, 9.17) is 4.98 Å². The minimum atomic E-state index is -0.378. The Morgan fingerprint density at radius 2 is 1.78 bits per heavy atom. The molecule has 37 heavy (non-hydrogen) atoms. The van der Waals surface area contributed by atoms with Gasteiger partial charge in [-0.2, -0.15) is 0 Å². The van der Waals surface area contributed by atoms with E-state index in [1.807, 2.05) is 50.2 Å². The van der Waals surface area contributed by atoms with Crippen molar-refractivity contribution >= 4 is 11.6 Å². The number of hydrogen-bond acceptors (Lipinski definition) is 4. The van der Waals surface area contributed by atoms with E-state index in [2.05, 4.69) is 22.3 Å². The molecular formula is C30H29FN4O2. The molecule has 0 saturated heterocycles. The average molecular weight is 497 g/mol. The summed E-state index contributed by atoms with van der Waals surface area (Å²) in [7, 11) is 0. The number of amides is 1. The third kappa shape index (κ3) is 5.52. The second-order valence-electron chi connectivity index (χ2n) is 9.57. The summed E-state index contributed by atoms with van der Waals surface area (Å²) in [5.74, 6) is -0.334. The topological polar surface area (TPSA) is 67.2 Å². The molecule has 188 valence electrons. The highest BCUT2D eigenvalue weighted by Crippen LogP contribution is 2.23. The zero-order valence-electron chi connectivity index (χ0n) is 21.0. The maximum atomic E-state index is 13.7. The van der Waals surface area contributed by atoms with E-state index in [1.54, 1.807) is 12.1 Å². The molecule has 6 nitrogen and oxygen atoms in total. The summed E-state index contributed by atoms with van der Waals surface area (Å²) < 4.78 is 15.1. The zero-order chi connectivity index (χ0) is 25.9. The predicted molar refractivity (Wildman–Crippen MR) is 143 cm³/mol. The van der Waals surface area contributed by atoms with Crippen molar-refractivity contribution in [1.82, 2.24) is 14.5 Å². The van der Waals surface area contributed by atoms with E-state index in [-0.39, 0.29) is 23.8 Å². The lowest BCUT2D eigenvalue weighted by molar-refractivity contribution is -0.116. The Balaban J connectivity index is 1.48. The maximum Gasteiger partial charge on any atom is 0.257 e. The third-order valence-electron chi connectivity index (χ3n) is 6.71. The van der Waals surface area contributed by atoms with Crippen molar-refractivity contribution in [2.45, 2.75) is 39.9 Å². The molecule has 0 unspecified atom stereocenters. The van der Waals surface area contributed by atoms with E-state index in [9.17, 15) is 14.0 Å². The summed E-state index contributed by atoms with van der Waals surface area (Å²) in [6.07, 6.45) is 0.552. The SMILES string of the molecule is Cc1ccc(NC(=O)Cn2c(-c3ccc(F)cc3)nc3c(c2=O)CCN(Cc2ccccc2)C3)c(C)c1. The first-order valence-corrected chi connectivity index (χ1v) is 12.4. The van der Waals surface area contributed by atoms with Gasteiger partial charge in [0.25, 0.3) is 5.56 Å². The van der Waals surface area contributed by atoms with Crippen molar-refractivity contribution in [3.63, 3.8) is 0 Å². The third-order valence-corrected chi connectivity index (χ3v) is 6.71. The number of aromatic nitrogens is 2. The summed E-state index contributed by atoms with van der Waals surface area (Å²) in [6, 6.07) is 21.8. The summed E-state index contributed by atoms with van der Waals surface area (Å²) in [5.41, 5.74) is 5.65. The standard InChI is InChI=1S/C30H29FN4O2/c1-20-8-13-26(21(2)16-20)32-28(36)19-35-29(23-9-11-24(31)12-10-23)33-27-18-34(15-14-25(27)30(35)37)17-22-6-4-3-5-7-22/h3-13,16H,14-15,17-19H2,1-2H3,(H,32,36). The van der Waals surface area contributed by atoms with E-state index >= 15 is 0 Å². The van der Waals surface area contributed by atoms with Crippen molar-refractivity contribution in [2.75, 3.05) is 11.9 Å². The molecule has 0 bridgehead atoms. The summed E-state index contributed by atoms with van der Waals surface area (Å²) in [6.45, 7) is 5.75. The fourth-order valence-electron chi connectivity index (χ4n) is 4.81. The number of fused-ring (bicyclic) bond motifs is 1. The first-order valence-electron chi connectivity index (χ1n) is 12.4. The van der Waals surface area contributed by atoms with Gasteiger partial charge in [-0.05, 0) is 61.7 Å². The van der Waals surface area contributed by atoms with Crippen LogP contribution in [0.2, 0.25) is 0 Å². The number of nitrogens with one attached hydrogen (secondary N) is 1. The highest BCUT2D eigenvalue weighted by Gasteiger charge is 2.25. The van der Waals surface area contributed by atoms with Crippen molar-refractivity contribution < 1.29 is 9.18 Å². The number of carbonyl (C=O) groups excluding carboxylic acids is 1. The number of halogens is 1. The molecule has 5 rings (SSSR count). The Labute approximate surface area is 215 Å². The van der Waals surface area contributed by atoms with Gasteiger partial charge in [0.05, 0.1) is 5.69 Å². The predicted octanol–water partition coefficient (Wildman–Crippen LogP) is 4.86. The van der Waals surface area contributed by atoms with Crippen LogP contribution in [0.5, 0.6) is 0 Å². The molecule has 0 spiro atoms. The molecule has 0 saturated carbocycles. The van der Waals surface area contributed by atoms with Crippen LogP contribution in [-0.4, -0.2) is 26.9 Å². The van der Waals surface area contributed by atoms with Gasteiger partial charge in [-0.25, -0.2) is 9.37 Å². The minimum absolute atomic E-state index is 0.188. The van der Waals surface area contributed by atoms with E-state index in [0.717, 1.165) is 24.2 Å². The van der Waals surface area contributed by atoms with Crippen LogP contribution in [0.15, 0.2) is 77.6 Å². The maximum absolute atomic E-state index is 13.7. The molecule has 4 aromatic rings. The van der Waals surface area contributed by atoms with Crippen LogP contribution in [0.3, 0.4) is 0 Å². The Kier molecular flexibility index (Phi) is 6.97. The molecule has 2 heterocycles. The average Bonchev–Trinajstić information content (AvgIpc) is 2.88. The lowest BCUT2D eigenvalue weighted by Crippen LogP contribution is -2.39. The van der Waals surface area contributed by atoms with Gasteiger partial charge in [0.2, 0.25) is 5.91 Å². The Bertz CT molecular complexity index is 1500. The minimum Gasteiger partial charge on any atom is -0.324 e. The van der Waals surface area contributed by atoms with Crippen LogP contribution in [0.25, 0.3) is 11.4 Å². The van der Waals surface area contributed by atoms with Gasteiger partial charge in [0.1, 0.15) is 18.2 Å². The highest BCUT2D eigenvalue weighted by molar-refractivity contribution is 5.91. The van der Waals surface area contributed by atoms with Crippen molar-refractivity contribution in [3.8, 4) is 11.4 Å². The van der Waals surface area contributed by atoms with Gasteiger partial charge in [0, 0.05) is 36.4 Å². The Morgan fingerprint density at radius 3 is 2.51 bits per heavy atom. The van der Waals surface area contributed by atoms with Gasteiger partial charge < -0.3 is 5.32 Å². The monoisotopic (exact) mass is 496 g/mol. The smallest absolute Gasteiger partial charge is 0.257 e. The van der Waals surface area contributed by atoms with Crippen LogP contribution in [0.4, 0.5) is 10.1 Å². The quantitative estimate of drug-likeness (QED) is 0.414. The van der Waals surface area contributed by atoms with Gasteiger partial charge in [0.15, 0.2) is 0 Å². The first-order chi connectivity index (χ1) is 17.9. The number of aryl methyl sites for hydroxylation is 2. The molecule has 0 radical (unpaired) electrons. The Hall–Kier alpha value is -4.10. The van der Waals surface area contributed by atoms with Gasteiger partial charge >= 0.3 is 0 Å². The Morgan fingerprint density at radius 1 is 1.03 bits per heavy atom. The van der Waals surface area contributed by atoms with Gasteiger partial charge in [-0.1, -0.05) is 48.0 Å². The second-order valence-corrected chi connectivity index (χ2v) is 9.57. The van der Waals surface area contributed by atoms with Crippen molar-refractivity contribution in [1.29, 1.82) is 0 Å². The molecule has 1 N–H and O–H groups in total. The fraction of sp³-hybridized carbons (Fsp3) is 0.233. The van der Waals surface area contributed by atoms with Gasteiger partial charge in [-0.15, -0.1) is 0 Å². The number of anilines is 1. The number of rotatable bonds is 6. The summed E-state index contributed by atoms with van der Waals surface area (Å²) in [5, 5.41) is 2.92. The number of hydrogen-bond donors (Lipinski definition) is 1. The largest absolute Gasteiger partial charge is 0.324 e.